The van der Waals surface area contributed by atoms with Crippen LogP contribution in [-0.2, 0) is 13.0 Å². The first-order chi connectivity index (χ1) is 5.92. The molecule has 1 N–H and O–H groups in total. The lowest BCUT2D eigenvalue weighted by atomic mass is 10.4. The average molecular weight is 167 g/mol. The van der Waals surface area contributed by atoms with Crippen LogP contribution in [0.4, 0.5) is 0 Å². The number of nitrogens with one attached hydrogen (secondary N) is 1. The van der Waals surface area contributed by atoms with Crippen LogP contribution in [0.1, 0.15) is 5.82 Å². The molecule has 0 aromatic carbocycles. The monoisotopic (exact) mass is 167 g/mol. The molecule has 0 unspecified atom stereocenters. The van der Waals surface area contributed by atoms with Crippen molar-refractivity contribution in [3.05, 3.63) is 12.0 Å². The van der Waals surface area contributed by atoms with Crippen molar-refractivity contribution in [1.29, 1.82) is 0 Å². The van der Waals surface area contributed by atoms with E-state index in [0.29, 0.717) is 0 Å². The number of imidazole rings is 1. The Balaban J connectivity index is 2.11. The largest absolute Gasteiger partial charge is 0.476 e. The van der Waals surface area contributed by atoms with E-state index in [1.807, 2.05) is 7.05 Å². The Morgan fingerprint density at radius 1 is 1.75 bits per heavy atom. The standard InChI is InChI=1S/C8H13N3O/c1-9-3-2-7-10-6-8-11(7)4-5-12-8/h6,9H,2-5H2,1H3. The highest BCUT2D eigenvalue weighted by atomic mass is 16.5. The second-order valence-electron chi connectivity index (χ2n) is 2.87. The first-order valence-corrected chi connectivity index (χ1v) is 4.23. The smallest absolute Gasteiger partial charge is 0.214 e. The van der Waals surface area contributed by atoms with Gasteiger partial charge in [0.05, 0.1) is 12.7 Å². The summed E-state index contributed by atoms with van der Waals surface area (Å²) in [5.74, 6) is 2.04. The number of rotatable bonds is 3. The molecule has 0 amide bonds. The highest BCUT2D eigenvalue weighted by Gasteiger charge is 2.15. The molecule has 12 heavy (non-hydrogen) atoms. The van der Waals surface area contributed by atoms with Crippen LogP contribution in [0, 0.1) is 0 Å². The fourth-order valence-corrected chi connectivity index (χ4v) is 1.43. The molecule has 0 spiro atoms. The molecule has 0 atom stereocenters. The first kappa shape index (κ1) is 7.61. The maximum absolute atomic E-state index is 5.34. The lowest BCUT2D eigenvalue weighted by Crippen LogP contribution is -2.13. The summed E-state index contributed by atoms with van der Waals surface area (Å²) in [5.41, 5.74) is 0. The van der Waals surface area contributed by atoms with Gasteiger partial charge in [-0.2, -0.15) is 0 Å². The van der Waals surface area contributed by atoms with Gasteiger partial charge in [-0.1, -0.05) is 0 Å². The Morgan fingerprint density at radius 3 is 3.50 bits per heavy atom. The van der Waals surface area contributed by atoms with Crippen LogP contribution in [0.15, 0.2) is 6.20 Å². The number of nitrogens with zero attached hydrogens (tertiary/aromatic N) is 2. The van der Waals surface area contributed by atoms with Crippen molar-refractivity contribution in [3.8, 4) is 5.88 Å². The van der Waals surface area contributed by atoms with Gasteiger partial charge >= 0.3 is 0 Å². The van der Waals surface area contributed by atoms with Gasteiger partial charge in [0.15, 0.2) is 0 Å². The van der Waals surface area contributed by atoms with E-state index in [0.717, 1.165) is 37.8 Å². The Morgan fingerprint density at radius 2 is 2.67 bits per heavy atom. The Bertz CT molecular complexity index is 269. The summed E-state index contributed by atoms with van der Waals surface area (Å²) in [6.07, 6.45) is 2.78. The van der Waals surface area contributed by atoms with E-state index < -0.39 is 0 Å². The van der Waals surface area contributed by atoms with Crippen molar-refractivity contribution in [2.45, 2.75) is 13.0 Å². The van der Waals surface area contributed by atoms with Gasteiger partial charge in [0.2, 0.25) is 5.88 Å². The summed E-state index contributed by atoms with van der Waals surface area (Å²) in [6, 6.07) is 0. The summed E-state index contributed by atoms with van der Waals surface area (Å²) in [7, 11) is 1.95. The molecule has 0 fully saturated rings. The average Bonchev–Trinajstić information content (AvgIpc) is 2.62. The molecular weight excluding hydrogens is 154 g/mol. The third-order valence-electron chi connectivity index (χ3n) is 2.07. The number of fused-ring (bicyclic) bond motifs is 1. The van der Waals surface area contributed by atoms with Gasteiger partial charge in [0.25, 0.3) is 0 Å². The minimum atomic E-state index is 0.796. The number of ether oxygens (including phenoxy) is 1. The zero-order valence-electron chi connectivity index (χ0n) is 7.21. The van der Waals surface area contributed by atoms with Crippen LogP contribution in [0.3, 0.4) is 0 Å². The Labute approximate surface area is 71.6 Å². The molecule has 66 valence electrons. The third-order valence-corrected chi connectivity index (χ3v) is 2.07. The van der Waals surface area contributed by atoms with Gasteiger partial charge < -0.3 is 10.1 Å². The van der Waals surface area contributed by atoms with Crippen molar-refractivity contribution >= 4 is 0 Å². The lowest BCUT2D eigenvalue weighted by molar-refractivity contribution is 0.355. The fraction of sp³-hybridized carbons (Fsp3) is 0.625. The van der Waals surface area contributed by atoms with Crippen molar-refractivity contribution in [2.24, 2.45) is 0 Å². The molecule has 1 aromatic rings. The zero-order valence-corrected chi connectivity index (χ0v) is 7.21. The van der Waals surface area contributed by atoms with E-state index in [4.69, 9.17) is 4.74 Å². The quantitative estimate of drug-likeness (QED) is 0.690. The molecule has 0 radical (unpaired) electrons. The maximum atomic E-state index is 5.34. The third kappa shape index (κ3) is 1.18. The summed E-state index contributed by atoms with van der Waals surface area (Å²) < 4.78 is 7.48. The van der Waals surface area contributed by atoms with Gasteiger partial charge in [-0.15, -0.1) is 0 Å². The molecule has 2 rings (SSSR count). The molecule has 0 bridgehead atoms. The van der Waals surface area contributed by atoms with Crippen LogP contribution in [0.5, 0.6) is 5.88 Å². The van der Waals surface area contributed by atoms with Crippen LogP contribution in [0.2, 0.25) is 0 Å². The lowest BCUT2D eigenvalue weighted by Gasteiger charge is -2.00. The highest BCUT2D eigenvalue weighted by Crippen LogP contribution is 2.19. The minimum Gasteiger partial charge on any atom is -0.476 e. The van der Waals surface area contributed by atoms with E-state index in [2.05, 4.69) is 14.9 Å². The normalized spacial score (nSPS) is 14.4. The van der Waals surface area contributed by atoms with Gasteiger partial charge in [-0.05, 0) is 7.05 Å². The Kier molecular flexibility index (Phi) is 1.99. The molecule has 1 aromatic heterocycles. The molecule has 4 heteroatoms. The van der Waals surface area contributed by atoms with Crippen molar-refractivity contribution in [3.63, 3.8) is 0 Å². The fourth-order valence-electron chi connectivity index (χ4n) is 1.43. The number of hydrogen-bond acceptors (Lipinski definition) is 3. The van der Waals surface area contributed by atoms with Crippen LogP contribution in [0.25, 0.3) is 0 Å². The van der Waals surface area contributed by atoms with Crippen molar-refractivity contribution in [1.82, 2.24) is 14.9 Å². The summed E-state index contributed by atoms with van der Waals surface area (Å²) in [5, 5.41) is 3.10. The predicted octanol–water partition coefficient (Wildman–Crippen LogP) is 0.0374. The van der Waals surface area contributed by atoms with Gasteiger partial charge in [0, 0.05) is 13.0 Å². The summed E-state index contributed by atoms with van der Waals surface area (Å²) in [4.78, 5) is 4.27. The SMILES string of the molecule is CNCCc1ncc2n1CCO2. The van der Waals surface area contributed by atoms with E-state index >= 15 is 0 Å². The topological polar surface area (TPSA) is 39.1 Å². The maximum Gasteiger partial charge on any atom is 0.214 e. The minimum absolute atomic E-state index is 0.796. The highest BCUT2D eigenvalue weighted by molar-refractivity contribution is 5.14. The van der Waals surface area contributed by atoms with Crippen LogP contribution >= 0.6 is 0 Å². The molecule has 1 aliphatic heterocycles. The Hall–Kier alpha value is -1.03. The van der Waals surface area contributed by atoms with E-state index in [9.17, 15) is 0 Å². The summed E-state index contributed by atoms with van der Waals surface area (Å²) in [6.45, 7) is 2.72. The molecule has 1 aliphatic rings. The van der Waals surface area contributed by atoms with Crippen LogP contribution in [-0.4, -0.2) is 29.8 Å². The first-order valence-electron chi connectivity index (χ1n) is 4.23. The van der Waals surface area contributed by atoms with Gasteiger partial charge in [-0.3, -0.25) is 4.57 Å². The van der Waals surface area contributed by atoms with E-state index in [1.165, 1.54) is 0 Å². The van der Waals surface area contributed by atoms with Gasteiger partial charge in [0.1, 0.15) is 12.4 Å². The van der Waals surface area contributed by atoms with E-state index in [-0.39, 0.29) is 0 Å². The number of likely N-dealkylation sites (N-methyl/N-ethyl adjacent to an activating group) is 1. The van der Waals surface area contributed by atoms with Gasteiger partial charge in [-0.25, -0.2) is 4.98 Å². The van der Waals surface area contributed by atoms with Crippen molar-refractivity contribution < 1.29 is 4.74 Å². The zero-order chi connectivity index (χ0) is 8.39. The molecule has 4 nitrogen and oxygen atoms in total. The molecule has 2 heterocycles. The second-order valence-corrected chi connectivity index (χ2v) is 2.87. The second kappa shape index (κ2) is 3.15. The molecule has 0 saturated heterocycles. The molecule has 0 saturated carbocycles. The van der Waals surface area contributed by atoms with Crippen molar-refractivity contribution in [2.75, 3.05) is 20.2 Å². The number of hydrogen-bond donors (Lipinski definition) is 1. The number of aromatic nitrogens is 2. The molecular formula is C8H13N3O. The molecule has 0 aliphatic carbocycles. The van der Waals surface area contributed by atoms with Crippen LogP contribution < -0.4 is 10.1 Å². The summed E-state index contributed by atoms with van der Waals surface area (Å²) >= 11 is 0. The predicted molar refractivity (Wildman–Crippen MR) is 45.4 cm³/mol. The van der Waals surface area contributed by atoms with E-state index in [1.54, 1.807) is 6.20 Å².